The number of aromatic nitrogens is 1. The quantitative estimate of drug-likeness (QED) is 0.580. The SMILES string of the molecule is O=S(=O)(Cl)c1cnc(F)cc1Br. The van der Waals surface area contributed by atoms with Crippen LogP contribution in [0.25, 0.3) is 0 Å². The van der Waals surface area contributed by atoms with Gasteiger partial charge in [-0.25, -0.2) is 13.4 Å². The standard InChI is InChI=1S/C5H2BrClFNO2S/c6-3-1-5(8)9-2-4(3)12(7,10)11/h1-2H. The van der Waals surface area contributed by atoms with Crippen molar-refractivity contribution in [3.63, 3.8) is 0 Å². The van der Waals surface area contributed by atoms with E-state index in [9.17, 15) is 12.8 Å². The second kappa shape index (κ2) is 3.27. The number of rotatable bonds is 1. The molecular formula is C5H2BrClFNO2S. The van der Waals surface area contributed by atoms with Crippen LogP contribution < -0.4 is 0 Å². The first kappa shape index (κ1) is 9.88. The van der Waals surface area contributed by atoms with Gasteiger partial charge in [-0.05, 0) is 15.9 Å². The zero-order chi connectivity index (χ0) is 9.35. The van der Waals surface area contributed by atoms with Gasteiger partial charge in [-0.2, -0.15) is 4.39 Å². The molecule has 0 spiro atoms. The van der Waals surface area contributed by atoms with Gasteiger partial charge in [0.25, 0.3) is 9.05 Å². The largest absolute Gasteiger partial charge is 0.263 e. The Hall–Kier alpha value is -0.200. The van der Waals surface area contributed by atoms with Gasteiger partial charge in [-0.1, -0.05) is 0 Å². The fourth-order valence-electron chi connectivity index (χ4n) is 0.574. The smallest absolute Gasteiger partial charge is 0.227 e. The Morgan fingerprint density at radius 2 is 2.17 bits per heavy atom. The molecule has 3 nitrogen and oxygen atoms in total. The van der Waals surface area contributed by atoms with E-state index in [0.29, 0.717) is 0 Å². The Bertz CT molecular complexity index is 408. The van der Waals surface area contributed by atoms with E-state index in [1.54, 1.807) is 0 Å². The second-order valence-corrected chi connectivity index (χ2v) is 5.26. The van der Waals surface area contributed by atoms with Crippen LogP contribution in [0, 0.1) is 5.95 Å². The number of pyridine rings is 1. The summed E-state index contributed by atoms with van der Waals surface area (Å²) < 4.78 is 33.9. The molecule has 1 aromatic rings. The van der Waals surface area contributed by atoms with E-state index in [0.717, 1.165) is 12.3 Å². The molecule has 0 bridgehead atoms. The van der Waals surface area contributed by atoms with Crippen LogP contribution in [0.5, 0.6) is 0 Å². The van der Waals surface area contributed by atoms with Gasteiger partial charge >= 0.3 is 0 Å². The summed E-state index contributed by atoms with van der Waals surface area (Å²) in [5.74, 6) is -0.772. The molecule has 0 saturated heterocycles. The third kappa shape index (κ3) is 2.15. The first-order valence-electron chi connectivity index (χ1n) is 2.67. The van der Waals surface area contributed by atoms with Crippen molar-refractivity contribution in [3.8, 4) is 0 Å². The molecule has 0 aliphatic heterocycles. The van der Waals surface area contributed by atoms with Crippen molar-refractivity contribution >= 4 is 35.7 Å². The van der Waals surface area contributed by atoms with Gasteiger partial charge in [0.05, 0.1) is 6.20 Å². The Morgan fingerprint density at radius 1 is 1.58 bits per heavy atom. The lowest BCUT2D eigenvalue weighted by Crippen LogP contribution is -1.94. The van der Waals surface area contributed by atoms with Crippen LogP contribution in [0.2, 0.25) is 0 Å². The molecule has 1 aromatic heterocycles. The molecule has 0 amide bonds. The Morgan fingerprint density at radius 3 is 2.58 bits per heavy atom. The van der Waals surface area contributed by atoms with Crippen molar-refractivity contribution in [2.24, 2.45) is 0 Å². The lowest BCUT2D eigenvalue weighted by Gasteiger charge is -1.97. The van der Waals surface area contributed by atoms with Crippen molar-refractivity contribution in [1.82, 2.24) is 4.98 Å². The van der Waals surface area contributed by atoms with Crippen molar-refractivity contribution in [2.45, 2.75) is 4.90 Å². The second-order valence-electron chi connectivity index (χ2n) is 1.88. The van der Waals surface area contributed by atoms with Crippen LogP contribution in [-0.4, -0.2) is 13.4 Å². The van der Waals surface area contributed by atoms with Crippen molar-refractivity contribution in [3.05, 3.63) is 22.7 Å². The van der Waals surface area contributed by atoms with E-state index in [1.807, 2.05) is 0 Å². The molecule has 0 atom stereocenters. The maximum absolute atomic E-state index is 12.4. The summed E-state index contributed by atoms with van der Waals surface area (Å²) >= 11 is 2.84. The molecule has 1 rings (SSSR count). The van der Waals surface area contributed by atoms with E-state index in [-0.39, 0.29) is 9.37 Å². The molecule has 12 heavy (non-hydrogen) atoms. The topological polar surface area (TPSA) is 47.0 Å². The number of nitrogens with zero attached hydrogens (tertiary/aromatic N) is 1. The minimum Gasteiger partial charge on any atom is -0.227 e. The maximum Gasteiger partial charge on any atom is 0.263 e. The van der Waals surface area contributed by atoms with Gasteiger partial charge in [-0.3, -0.25) is 0 Å². The average Bonchev–Trinajstić information content (AvgIpc) is 1.83. The van der Waals surface area contributed by atoms with Crippen LogP contribution in [0.3, 0.4) is 0 Å². The first-order valence-corrected chi connectivity index (χ1v) is 5.77. The molecule has 66 valence electrons. The van der Waals surface area contributed by atoms with Crippen molar-refractivity contribution in [2.75, 3.05) is 0 Å². The third-order valence-electron chi connectivity index (χ3n) is 1.05. The first-order chi connectivity index (χ1) is 5.41. The molecule has 0 aliphatic rings. The minimum absolute atomic E-state index is 0.0602. The predicted molar refractivity (Wildman–Crippen MR) is 44.9 cm³/mol. The summed E-state index contributed by atoms with van der Waals surface area (Å²) in [7, 11) is 1.14. The van der Waals surface area contributed by atoms with E-state index in [1.165, 1.54) is 0 Å². The van der Waals surface area contributed by atoms with Gasteiger partial charge in [-0.15, -0.1) is 0 Å². The fourth-order valence-corrected chi connectivity index (χ4v) is 2.62. The van der Waals surface area contributed by atoms with E-state index < -0.39 is 15.0 Å². The summed E-state index contributed by atoms with van der Waals surface area (Å²) in [5, 5.41) is 0. The highest BCUT2D eigenvalue weighted by atomic mass is 79.9. The summed E-state index contributed by atoms with van der Waals surface area (Å²) in [6.07, 6.45) is 0.849. The highest BCUT2D eigenvalue weighted by Crippen LogP contribution is 2.24. The van der Waals surface area contributed by atoms with Gasteiger partial charge in [0.2, 0.25) is 5.95 Å². The minimum atomic E-state index is -3.85. The van der Waals surface area contributed by atoms with Gasteiger partial charge in [0, 0.05) is 21.2 Å². The monoisotopic (exact) mass is 273 g/mol. The molecule has 0 radical (unpaired) electrons. The Kier molecular flexibility index (Phi) is 2.70. The number of halogens is 3. The van der Waals surface area contributed by atoms with Gasteiger partial charge in [0.1, 0.15) is 4.90 Å². The lowest BCUT2D eigenvalue weighted by molar-refractivity contribution is 0.577. The zero-order valence-electron chi connectivity index (χ0n) is 5.46. The molecule has 1 heterocycles. The van der Waals surface area contributed by atoms with Crippen LogP contribution in [-0.2, 0) is 9.05 Å². The van der Waals surface area contributed by atoms with Crippen LogP contribution in [0.4, 0.5) is 4.39 Å². The van der Waals surface area contributed by atoms with Crippen LogP contribution in [0.1, 0.15) is 0 Å². The van der Waals surface area contributed by atoms with Crippen molar-refractivity contribution < 1.29 is 12.8 Å². The van der Waals surface area contributed by atoms with E-state index in [4.69, 9.17) is 10.7 Å². The third-order valence-corrected chi connectivity index (χ3v) is 3.32. The van der Waals surface area contributed by atoms with Gasteiger partial charge in [0.15, 0.2) is 0 Å². The molecule has 0 saturated carbocycles. The summed E-state index contributed by atoms with van der Waals surface area (Å²) in [4.78, 5) is 2.90. The lowest BCUT2D eigenvalue weighted by atomic mass is 10.5. The van der Waals surface area contributed by atoms with Crippen LogP contribution in [0.15, 0.2) is 21.6 Å². The average molecular weight is 274 g/mol. The summed E-state index contributed by atoms with van der Waals surface area (Å²) in [6.45, 7) is 0. The zero-order valence-corrected chi connectivity index (χ0v) is 8.62. The molecule has 0 fully saturated rings. The highest BCUT2D eigenvalue weighted by molar-refractivity contribution is 9.10. The summed E-state index contributed by atoms with van der Waals surface area (Å²) in [6, 6.07) is 0.926. The predicted octanol–water partition coefficient (Wildman–Crippen LogP) is 1.91. The van der Waals surface area contributed by atoms with E-state index >= 15 is 0 Å². The maximum atomic E-state index is 12.4. The van der Waals surface area contributed by atoms with E-state index in [2.05, 4.69) is 20.9 Å². The Labute approximate surface area is 81.1 Å². The molecule has 0 aliphatic carbocycles. The molecule has 7 heteroatoms. The molecule has 0 N–H and O–H groups in total. The summed E-state index contributed by atoms with van der Waals surface area (Å²) in [5.41, 5.74) is 0. The Balaban J connectivity index is 3.39. The van der Waals surface area contributed by atoms with Gasteiger partial charge < -0.3 is 0 Å². The van der Waals surface area contributed by atoms with Crippen molar-refractivity contribution in [1.29, 1.82) is 0 Å². The molecular weight excluding hydrogens is 272 g/mol. The normalized spacial score (nSPS) is 11.6. The number of hydrogen-bond acceptors (Lipinski definition) is 3. The number of hydrogen-bond donors (Lipinski definition) is 0. The molecule has 0 unspecified atom stereocenters. The highest BCUT2D eigenvalue weighted by Gasteiger charge is 2.15. The van der Waals surface area contributed by atoms with Crippen LogP contribution >= 0.6 is 26.6 Å². The fraction of sp³-hybridized carbons (Fsp3) is 0. The molecule has 0 aromatic carbocycles.